The molecule has 1 N–H and O–H groups in total. The summed E-state index contributed by atoms with van der Waals surface area (Å²) in [4.78, 5) is 32.5. The lowest BCUT2D eigenvalue weighted by atomic mass is 10.1. The number of pyridine rings is 1. The number of rotatable bonds is 4. The zero-order valence-corrected chi connectivity index (χ0v) is 12.8. The Hall–Kier alpha value is -2.70. The zero-order chi connectivity index (χ0) is 16.3. The predicted octanol–water partition coefficient (Wildman–Crippen LogP) is 0.584. The summed E-state index contributed by atoms with van der Waals surface area (Å²) in [5.74, 6) is -0.361. The van der Waals surface area contributed by atoms with Crippen LogP contribution in [0.3, 0.4) is 0 Å². The van der Waals surface area contributed by atoms with E-state index in [1.165, 1.54) is 14.1 Å². The average molecular weight is 302 g/mol. The van der Waals surface area contributed by atoms with E-state index in [-0.39, 0.29) is 11.4 Å². The van der Waals surface area contributed by atoms with Gasteiger partial charge in [-0.2, -0.15) is 0 Å². The van der Waals surface area contributed by atoms with Crippen molar-refractivity contribution in [3.8, 4) is 5.88 Å². The van der Waals surface area contributed by atoms with Crippen LogP contribution in [-0.4, -0.2) is 24.9 Å². The molecule has 0 atom stereocenters. The van der Waals surface area contributed by atoms with E-state index in [1.807, 2.05) is 13.0 Å². The quantitative estimate of drug-likeness (QED) is 0.837. The molecule has 0 spiro atoms. The zero-order valence-electron chi connectivity index (χ0n) is 12.8. The second-order valence-corrected chi connectivity index (χ2v) is 4.88. The van der Waals surface area contributed by atoms with Crippen LogP contribution in [0.25, 0.3) is 0 Å². The molecule has 0 unspecified atom stereocenters. The Morgan fingerprint density at radius 3 is 2.64 bits per heavy atom. The molecule has 2 aromatic heterocycles. The summed E-state index contributed by atoms with van der Waals surface area (Å²) in [6, 6.07) is 3.68. The van der Waals surface area contributed by atoms with Crippen LogP contribution in [0.5, 0.6) is 5.88 Å². The molecule has 2 rings (SSSR count). The van der Waals surface area contributed by atoms with Gasteiger partial charge in [-0.3, -0.25) is 23.9 Å². The van der Waals surface area contributed by atoms with E-state index < -0.39 is 11.2 Å². The first-order valence-electron chi connectivity index (χ1n) is 6.89. The molecule has 0 fully saturated rings. The first-order valence-corrected chi connectivity index (χ1v) is 6.89. The Kier molecular flexibility index (Phi) is 4.55. The van der Waals surface area contributed by atoms with E-state index in [9.17, 15) is 14.7 Å². The molecule has 0 aliphatic carbocycles. The Bertz CT molecular complexity index is 819. The van der Waals surface area contributed by atoms with Crippen LogP contribution in [0.15, 0.2) is 39.1 Å². The molecule has 0 radical (unpaired) electrons. The summed E-state index contributed by atoms with van der Waals surface area (Å²) < 4.78 is 2.00. The highest BCUT2D eigenvalue weighted by atomic mass is 16.3. The summed E-state index contributed by atoms with van der Waals surface area (Å²) >= 11 is 0. The van der Waals surface area contributed by atoms with Crippen molar-refractivity contribution in [2.75, 3.05) is 0 Å². The van der Waals surface area contributed by atoms with Gasteiger partial charge in [-0.25, -0.2) is 4.79 Å². The molecular formula is C15H18N4O3. The van der Waals surface area contributed by atoms with Crippen LogP contribution in [0.4, 0.5) is 0 Å². The van der Waals surface area contributed by atoms with Crippen LogP contribution in [0, 0.1) is 0 Å². The largest absolute Gasteiger partial charge is 0.494 e. The number of hydrogen-bond acceptors (Lipinski definition) is 5. The summed E-state index contributed by atoms with van der Waals surface area (Å²) in [6.07, 6.45) is 3.82. The fourth-order valence-corrected chi connectivity index (χ4v) is 2.13. The first-order chi connectivity index (χ1) is 10.5. The number of aliphatic imine (C=N–C) groups is 1. The molecule has 7 nitrogen and oxygen atoms in total. The van der Waals surface area contributed by atoms with Crippen molar-refractivity contribution in [1.82, 2.24) is 14.1 Å². The lowest BCUT2D eigenvalue weighted by Crippen LogP contribution is -2.40. The van der Waals surface area contributed by atoms with Crippen LogP contribution in [0.2, 0.25) is 0 Å². The summed E-state index contributed by atoms with van der Waals surface area (Å²) in [6.45, 7) is 2.19. The van der Waals surface area contributed by atoms with Gasteiger partial charge in [0.1, 0.15) is 5.56 Å². The van der Waals surface area contributed by atoms with Crippen LogP contribution in [-0.2, 0) is 20.6 Å². The summed E-state index contributed by atoms with van der Waals surface area (Å²) in [5.41, 5.74) is 0.296. The van der Waals surface area contributed by atoms with Crippen molar-refractivity contribution in [2.45, 2.75) is 19.9 Å². The minimum atomic E-state index is -0.575. The average Bonchev–Trinajstić information content (AvgIpc) is 2.55. The maximum Gasteiger partial charge on any atom is 0.333 e. The van der Waals surface area contributed by atoms with Gasteiger partial charge in [-0.1, -0.05) is 13.0 Å². The highest BCUT2D eigenvalue weighted by Crippen LogP contribution is 2.13. The Morgan fingerprint density at radius 1 is 1.32 bits per heavy atom. The van der Waals surface area contributed by atoms with E-state index in [0.717, 1.165) is 14.7 Å². The van der Waals surface area contributed by atoms with Gasteiger partial charge >= 0.3 is 5.69 Å². The van der Waals surface area contributed by atoms with Gasteiger partial charge in [0.15, 0.2) is 0 Å². The second kappa shape index (κ2) is 6.38. The van der Waals surface area contributed by atoms with Crippen molar-refractivity contribution in [1.29, 1.82) is 0 Å². The van der Waals surface area contributed by atoms with Gasteiger partial charge < -0.3 is 5.11 Å². The van der Waals surface area contributed by atoms with Gasteiger partial charge in [0.05, 0.1) is 12.3 Å². The maximum atomic E-state index is 12.3. The Morgan fingerprint density at radius 2 is 2.05 bits per heavy atom. The number of hydrogen-bond donors (Lipinski definition) is 1. The summed E-state index contributed by atoms with van der Waals surface area (Å²) in [5, 5.41) is 10.1. The van der Waals surface area contributed by atoms with Crippen molar-refractivity contribution < 1.29 is 5.11 Å². The van der Waals surface area contributed by atoms with E-state index in [1.54, 1.807) is 18.5 Å². The third-order valence-electron chi connectivity index (χ3n) is 3.43. The number of nitrogens with zero attached hydrogens (tertiary/aromatic N) is 4. The third kappa shape index (κ3) is 2.83. The maximum absolute atomic E-state index is 12.3. The monoisotopic (exact) mass is 302 g/mol. The lowest BCUT2D eigenvalue weighted by Gasteiger charge is -2.11. The Labute approximate surface area is 127 Å². The molecule has 7 heteroatoms. The van der Waals surface area contributed by atoms with E-state index in [2.05, 4.69) is 9.98 Å². The molecule has 0 saturated carbocycles. The fourth-order valence-electron chi connectivity index (χ4n) is 2.13. The highest BCUT2D eigenvalue weighted by Gasteiger charge is 2.18. The van der Waals surface area contributed by atoms with Crippen LogP contribution in [0.1, 0.15) is 24.5 Å². The van der Waals surface area contributed by atoms with Crippen molar-refractivity contribution in [3.05, 3.63) is 56.5 Å². The molecule has 0 bridgehead atoms. The third-order valence-corrected chi connectivity index (χ3v) is 3.43. The topological polar surface area (TPSA) is 89.5 Å². The molecule has 0 aliphatic rings. The van der Waals surface area contributed by atoms with E-state index in [4.69, 9.17) is 0 Å². The van der Waals surface area contributed by atoms with Gasteiger partial charge in [-0.15, -0.1) is 0 Å². The number of aromatic hydroxyl groups is 1. The van der Waals surface area contributed by atoms with E-state index in [0.29, 0.717) is 18.7 Å². The highest BCUT2D eigenvalue weighted by molar-refractivity contribution is 6.01. The van der Waals surface area contributed by atoms with Crippen molar-refractivity contribution in [2.24, 2.45) is 19.1 Å². The molecule has 22 heavy (non-hydrogen) atoms. The predicted molar refractivity (Wildman–Crippen MR) is 83.4 cm³/mol. The van der Waals surface area contributed by atoms with Crippen molar-refractivity contribution in [3.63, 3.8) is 0 Å². The molecule has 2 aromatic rings. The van der Waals surface area contributed by atoms with Crippen LogP contribution < -0.4 is 11.2 Å². The van der Waals surface area contributed by atoms with Gasteiger partial charge in [0, 0.05) is 26.5 Å². The van der Waals surface area contributed by atoms with Crippen LogP contribution >= 0.6 is 0 Å². The van der Waals surface area contributed by atoms with E-state index >= 15 is 0 Å². The molecule has 0 amide bonds. The standard InChI is InChI=1S/C15H18N4O3/c1-4-11(17-9-10-6-5-7-16-8-10)12-13(20)18(2)15(22)19(3)14(12)21/h5-8,20H,4,9H2,1-3H3. The SMILES string of the molecule is CCC(=NCc1cccnc1)c1c(O)n(C)c(=O)n(C)c1=O. The number of aromatic nitrogens is 3. The Balaban J connectivity index is 2.53. The minimum absolute atomic E-state index is 0.0657. The lowest BCUT2D eigenvalue weighted by molar-refractivity contribution is 0.410. The second-order valence-electron chi connectivity index (χ2n) is 4.88. The normalized spacial score (nSPS) is 11.7. The summed E-state index contributed by atoms with van der Waals surface area (Å²) in [7, 11) is 2.79. The molecule has 0 saturated heterocycles. The van der Waals surface area contributed by atoms with Gasteiger partial charge in [0.25, 0.3) is 5.56 Å². The van der Waals surface area contributed by atoms with Crippen molar-refractivity contribution >= 4 is 5.71 Å². The van der Waals surface area contributed by atoms with Gasteiger partial charge in [0.2, 0.25) is 5.88 Å². The molecular weight excluding hydrogens is 284 g/mol. The molecule has 116 valence electrons. The molecule has 0 aromatic carbocycles. The van der Waals surface area contributed by atoms with Gasteiger partial charge in [-0.05, 0) is 18.1 Å². The minimum Gasteiger partial charge on any atom is -0.494 e. The fraction of sp³-hybridized carbons (Fsp3) is 0.333. The first kappa shape index (κ1) is 15.7. The molecule has 2 heterocycles. The smallest absolute Gasteiger partial charge is 0.333 e. The molecule has 0 aliphatic heterocycles.